The van der Waals surface area contributed by atoms with Gasteiger partial charge in [0.05, 0.1) is 6.20 Å². The minimum atomic E-state index is -0.197. The first-order valence-electron chi connectivity index (χ1n) is 6.26. The largest absolute Gasteiger partial charge is 0.482 e. The van der Waals surface area contributed by atoms with Gasteiger partial charge in [0.15, 0.2) is 6.61 Å². The molecular formula is C13H17N3O3. The number of amides is 2. The van der Waals surface area contributed by atoms with Crippen molar-refractivity contribution in [3.63, 3.8) is 0 Å². The highest BCUT2D eigenvalue weighted by molar-refractivity contribution is 5.80. The van der Waals surface area contributed by atoms with Crippen LogP contribution in [-0.4, -0.2) is 35.5 Å². The summed E-state index contributed by atoms with van der Waals surface area (Å²) in [5, 5.41) is 5.66. The molecule has 2 N–H and O–H groups in total. The summed E-state index contributed by atoms with van der Waals surface area (Å²) in [6.45, 7) is 1.83. The van der Waals surface area contributed by atoms with Crippen molar-refractivity contribution in [2.45, 2.75) is 31.8 Å². The molecule has 1 aliphatic rings. The van der Waals surface area contributed by atoms with Crippen LogP contribution in [0.15, 0.2) is 24.5 Å². The molecule has 1 fully saturated rings. The number of aromatic nitrogens is 1. The third-order valence-electron chi connectivity index (χ3n) is 3.03. The second-order valence-electron chi connectivity index (χ2n) is 4.55. The van der Waals surface area contributed by atoms with Gasteiger partial charge in [-0.15, -0.1) is 0 Å². The summed E-state index contributed by atoms with van der Waals surface area (Å²) in [7, 11) is 0. The second kappa shape index (κ2) is 6.17. The molecule has 19 heavy (non-hydrogen) atoms. The van der Waals surface area contributed by atoms with Crippen LogP contribution in [0, 0.1) is 0 Å². The van der Waals surface area contributed by atoms with Crippen LogP contribution in [0.3, 0.4) is 0 Å². The molecule has 2 unspecified atom stereocenters. The van der Waals surface area contributed by atoms with E-state index in [-0.39, 0.29) is 30.5 Å². The molecule has 0 saturated carbocycles. The van der Waals surface area contributed by atoms with E-state index in [1.165, 1.54) is 0 Å². The van der Waals surface area contributed by atoms with Gasteiger partial charge in [-0.1, -0.05) is 0 Å². The maximum absolute atomic E-state index is 11.7. The van der Waals surface area contributed by atoms with Crippen molar-refractivity contribution >= 4 is 11.8 Å². The van der Waals surface area contributed by atoms with Gasteiger partial charge in [0, 0.05) is 24.7 Å². The number of carbonyl (C=O) groups is 2. The van der Waals surface area contributed by atoms with E-state index in [0.717, 1.165) is 0 Å². The highest BCUT2D eigenvalue weighted by atomic mass is 16.5. The zero-order chi connectivity index (χ0) is 13.7. The maximum Gasteiger partial charge on any atom is 0.258 e. The van der Waals surface area contributed by atoms with E-state index in [1.54, 1.807) is 24.5 Å². The van der Waals surface area contributed by atoms with Crippen molar-refractivity contribution in [3.05, 3.63) is 24.5 Å². The van der Waals surface area contributed by atoms with Crippen LogP contribution in [0.2, 0.25) is 0 Å². The van der Waals surface area contributed by atoms with E-state index >= 15 is 0 Å². The lowest BCUT2D eigenvalue weighted by atomic mass is 9.99. The van der Waals surface area contributed by atoms with Crippen LogP contribution in [0.1, 0.15) is 19.8 Å². The molecular weight excluding hydrogens is 246 g/mol. The molecule has 0 spiro atoms. The minimum Gasteiger partial charge on any atom is -0.482 e. The number of ether oxygens (including phenoxy) is 1. The molecule has 0 radical (unpaired) electrons. The fourth-order valence-corrected chi connectivity index (χ4v) is 1.99. The first kappa shape index (κ1) is 13.3. The van der Waals surface area contributed by atoms with E-state index < -0.39 is 0 Å². The van der Waals surface area contributed by atoms with Gasteiger partial charge in [-0.3, -0.25) is 14.6 Å². The summed E-state index contributed by atoms with van der Waals surface area (Å²) in [5.41, 5.74) is 0. The average molecular weight is 263 g/mol. The van der Waals surface area contributed by atoms with E-state index in [2.05, 4.69) is 15.6 Å². The smallest absolute Gasteiger partial charge is 0.258 e. The van der Waals surface area contributed by atoms with Crippen LogP contribution in [0.25, 0.3) is 0 Å². The lowest BCUT2D eigenvalue weighted by Crippen LogP contribution is -2.54. The lowest BCUT2D eigenvalue weighted by molar-refractivity contribution is -0.127. The number of pyridine rings is 1. The number of hydrogen-bond donors (Lipinski definition) is 2. The van der Waals surface area contributed by atoms with Crippen molar-refractivity contribution in [2.75, 3.05) is 6.61 Å². The molecule has 0 bridgehead atoms. The van der Waals surface area contributed by atoms with E-state index in [4.69, 9.17) is 4.74 Å². The van der Waals surface area contributed by atoms with E-state index in [9.17, 15) is 9.59 Å². The molecule has 1 aromatic heterocycles. The zero-order valence-electron chi connectivity index (χ0n) is 10.8. The first-order valence-corrected chi connectivity index (χ1v) is 6.26. The van der Waals surface area contributed by atoms with Crippen LogP contribution in [0.4, 0.5) is 0 Å². The van der Waals surface area contributed by atoms with E-state index in [0.29, 0.717) is 18.6 Å². The van der Waals surface area contributed by atoms with Crippen molar-refractivity contribution in [1.29, 1.82) is 0 Å². The summed E-state index contributed by atoms with van der Waals surface area (Å²) >= 11 is 0. The zero-order valence-corrected chi connectivity index (χ0v) is 10.8. The quantitative estimate of drug-likeness (QED) is 0.815. The van der Waals surface area contributed by atoms with Crippen LogP contribution < -0.4 is 15.4 Å². The van der Waals surface area contributed by atoms with Crippen molar-refractivity contribution in [1.82, 2.24) is 15.6 Å². The Morgan fingerprint density at radius 2 is 2.47 bits per heavy atom. The molecule has 0 aliphatic carbocycles. The first-order chi connectivity index (χ1) is 9.15. The molecule has 6 nitrogen and oxygen atoms in total. The number of rotatable bonds is 4. The number of nitrogens with one attached hydrogen (secondary N) is 2. The highest BCUT2D eigenvalue weighted by Gasteiger charge is 2.26. The molecule has 2 amide bonds. The standard InChI is InChI=1S/C13H17N3O3/c1-9-11(4-5-12(17)15-9)16-13(18)8-19-10-3-2-6-14-7-10/h2-3,6-7,9,11H,4-5,8H2,1H3,(H,15,17)(H,16,18). The molecule has 2 rings (SSSR count). The van der Waals surface area contributed by atoms with Gasteiger partial charge >= 0.3 is 0 Å². The summed E-state index contributed by atoms with van der Waals surface area (Å²) in [4.78, 5) is 26.8. The predicted molar refractivity (Wildman–Crippen MR) is 68.5 cm³/mol. The number of piperidine rings is 1. The van der Waals surface area contributed by atoms with Crippen molar-refractivity contribution in [3.8, 4) is 5.75 Å². The Bertz CT molecular complexity index is 450. The summed E-state index contributed by atoms with van der Waals surface area (Å²) < 4.78 is 5.30. The highest BCUT2D eigenvalue weighted by Crippen LogP contribution is 2.09. The molecule has 6 heteroatoms. The second-order valence-corrected chi connectivity index (χ2v) is 4.55. The fourth-order valence-electron chi connectivity index (χ4n) is 1.99. The van der Waals surface area contributed by atoms with Gasteiger partial charge in [0.25, 0.3) is 5.91 Å². The lowest BCUT2D eigenvalue weighted by Gasteiger charge is -2.30. The van der Waals surface area contributed by atoms with Gasteiger partial charge in [0.2, 0.25) is 5.91 Å². The number of nitrogens with zero attached hydrogens (tertiary/aromatic N) is 1. The normalized spacial score (nSPS) is 22.5. The average Bonchev–Trinajstić information content (AvgIpc) is 2.41. The predicted octanol–water partition coefficient (Wildman–Crippen LogP) is 0.244. The molecule has 102 valence electrons. The third-order valence-corrected chi connectivity index (χ3v) is 3.03. The van der Waals surface area contributed by atoms with Gasteiger partial charge in [0.1, 0.15) is 5.75 Å². The molecule has 1 aromatic rings. The number of carbonyl (C=O) groups excluding carboxylic acids is 2. The Morgan fingerprint density at radius 1 is 1.63 bits per heavy atom. The Labute approximate surface area is 111 Å². The molecule has 2 heterocycles. The fraction of sp³-hybridized carbons (Fsp3) is 0.462. The monoisotopic (exact) mass is 263 g/mol. The Kier molecular flexibility index (Phi) is 4.33. The topological polar surface area (TPSA) is 80.3 Å². The Hall–Kier alpha value is -2.11. The summed E-state index contributed by atoms with van der Waals surface area (Å²) in [5.74, 6) is 0.393. The molecule has 1 saturated heterocycles. The maximum atomic E-state index is 11.7. The van der Waals surface area contributed by atoms with Crippen molar-refractivity contribution in [2.24, 2.45) is 0 Å². The van der Waals surface area contributed by atoms with Gasteiger partial charge in [-0.05, 0) is 25.5 Å². The van der Waals surface area contributed by atoms with Gasteiger partial charge in [-0.2, -0.15) is 0 Å². The van der Waals surface area contributed by atoms with Crippen LogP contribution in [-0.2, 0) is 9.59 Å². The molecule has 0 aromatic carbocycles. The minimum absolute atomic E-state index is 0.0320. The molecule has 2 atom stereocenters. The Balaban J connectivity index is 1.77. The van der Waals surface area contributed by atoms with Crippen LogP contribution >= 0.6 is 0 Å². The van der Waals surface area contributed by atoms with Crippen molar-refractivity contribution < 1.29 is 14.3 Å². The summed E-state index contributed by atoms with van der Waals surface area (Å²) in [6.07, 6.45) is 4.29. The van der Waals surface area contributed by atoms with Gasteiger partial charge in [-0.25, -0.2) is 0 Å². The summed E-state index contributed by atoms with van der Waals surface area (Å²) in [6, 6.07) is 3.39. The SMILES string of the molecule is CC1NC(=O)CCC1NC(=O)COc1cccnc1. The molecule has 1 aliphatic heterocycles. The van der Waals surface area contributed by atoms with E-state index in [1.807, 2.05) is 6.92 Å². The Morgan fingerprint density at radius 3 is 3.16 bits per heavy atom. The number of hydrogen-bond acceptors (Lipinski definition) is 4. The van der Waals surface area contributed by atoms with Crippen LogP contribution in [0.5, 0.6) is 5.75 Å². The van der Waals surface area contributed by atoms with Gasteiger partial charge < -0.3 is 15.4 Å². The third kappa shape index (κ3) is 3.94.